The third kappa shape index (κ3) is 2.61. The molecule has 0 amide bonds. The molecule has 1 atom stereocenters. The number of likely N-dealkylation sites (N-methyl/N-ethyl adjacent to an activating group) is 1. The highest BCUT2D eigenvalue weighted by molar-refractivity contribution is 9.10. The molecule has 1 aromatic heterocycles. The highest BCUT2D eigenvalue weighted by Crippen LogP contribution is 2.29. The van der Waals surface area contributed by atoms with Crippen LogP contribution < -0.4 is 5.32 Å². The van der Waals surface area contributed by atoms with Crippen LogP contribution in [-0.4, -0.2) is 41.7 Å². The zero-order valence-electron chi connectivity index (χ0n) is 10.9. The van der Waals surface area contributed by atoms with Crippen LogP contribution >= 0.6 is 15.9 Å². The zero-order chi connectivity index (χ0) is 14.1. The molecule has 0 aliphatic carbocycles. The van der Waals surface area contributed by atoms with E-state index in [0.717, 1.165) is 24.1 Å². The number of piperazine rings is 1. The van der Waals surface area contributed by atoms with Crippen molar-refractivity contribution in [3.8, 4) is 11.5 Å². The second-order valence-electron chi connectivity index (χ2n) is 4.78. The van der Waals surface area contributed by atoms with E-state index >= 15 is 0 Å². The Morgan fingerprint density at radius 3 is 3.15 bits per heavy atom. The van der Waals surface area contributed by atoms with Crippen LogP contribution in [0.4, 0.5) is 4.39 Å². The normalized spacial score (nSPS) is 20.2. The molecule has 1 saturated heterocycles. The molecule has 1 unspecified atom stereocenters. The highest BCUT2D eigenvalue weighted by atomic mass is 79.9. The minimum absolute atomic E-state index is 0.0774. The fourth-order valence-electron chi connectivity index (χ4n) is 2.24. The number of aromatic nitrogens is 2. The van der Waals surface area contributed by atoms with E-state index in [2.05, 4.69) is 36.3 Å². The lowest BCUT2D eigenvalue weighted by Crippen LogP contribution is -2.44. The maximum absolute atomic E-state index is 13.3. The molecule has 1 aromatic carbocycles. The van der Waals surface area contributed by atoms with Gasteiger partial charge in [0.05, 0.1) is 11.6 Å². The molecule has 5 nitrogen and oxygen atoms in total. The fraction of sp³-hybridized carbons (Fsp3) is 0.385. The number of halogens is 2. The fourth-order valence-corrected chi connectivity index (χ4v) is 2.65. The first-order valence-electron chi connectivity index (χ1n) is 6.35. The van der Waals surface area contributed by atoms with Gasteiger partial charge < -0.3 is 9.84 Å². The van der Waals surface area contributed by atoms with Crippen LogP contribution in [0.2, 0.25) is 0 Å². The summed E-state index contributed by atoms with van der Waals surface area (Å²) in [6.07, 6.45) is 0. The monoisotopic (exact) mass is 340 g/mol. The Morgan fingerprint density at radius 1 is 1.50 bits per heavy atom. The molecule has 1 aliphatic heterocycles. The van der Waals surface area contributed by atoms with Crippen LogP contribution in [0.3, 0.4) is 0 Å². The van der Waals surface area contributed by atoms with Gasteiger partial charge in [-0.2, -0.15) is 4.98 Å². The van der Waals surface area contributed by atoms with Gasteiger partial charge in [0.25, 0.3) is 5.89 Å². The van der Waals surface area contributed by atoms with Gasteiger partial charge in [0.1, 0.15) is 5.82 Å². The summed E-state index contributed by atoms with van der Waals surface area (Å²) < 4.78 is 19.3. The van der Waals surface area contributed by atoms with Gasteiger partial charge in [-0.3, -0.25) is 4.90 Å². The third-order valence-electron chi connectivity index (χ3n) is 3.41. The maximum atomic E-state index is 13.3. The Kier molecular flexibility index (Phi) is 3.82. The molecule has 0 spiro atoms. The van der Waals surface area contributed by atoms with Crippen molar-refractivity contribution >= 4 is 15.9 Å². The second kappa shape index (κ2) is 5.59. The minimum Gasteiger partial charge on any atom is -0.334 e. The van der Waals surface area contributed by atoms with Crippen molar-refractivity contribution in [3.63, 3.8) is 0 Å². The molecule has 1 fully saturated rings. The number of nitrogens with one attached hydrogen (secondary N) is 1. The topological polar surface area (TPSA) is 54.2 Å². The lowest BCUT2D eigenvalue weighted by molar-refractivity contribution is 0.190. The summed E-state index contributed by atoms with van der Waals surface area (Å²) >= 11 is 3.37. The predicted molar refractivity (Wildman–Crippen MR) is 75.6 cm³/mol. The second-order valence-corrected chi connectivity index (χ2v) is 5.64. The van der Waals surface area contributed by atoms with E-state index in [0.29, 0.717) is 17.3 Å². The smallest absolute Gasteiger partial charge is 0.259 e. The standard InChI is InChI=1S/C13H14BrFN4O/c1-19-5-4-16-7-11(19)12-17-13(20-18-12)9-6-8(15)2-3-10(9)14/h2-3,6,11,16H,4-5,7H2,1H3. The van der Waals surface area contributed by atoms with E-state index in [1.807, 2.05) is 7.05 Å². The molecule has 2 heterocycles. The summed E-state index contributed by atoms with van der Waals surface area (Å²) in [5.41, 5.74) is 0.565. The average molecular weight is 341 g/mol. The van der Waals surface area contributed by atoms with Crippen LogP contribution in [0.1, 0.15) is 11.9 Å². The van der Waals surface area contributed by atoms with Gasteiger partial charge in [0.15, 0.2) is 5.82 Å². The van der Waals surface area contributed by atoms with Crippen molar-refractivity contribution in [2.75, 3.05) is 26.7 Å². The zero-order valence-corrected chi connectivity index (χ0v) is 12.5. The van der Waals surface area contributed by atoms with E-state index in [1.165, 1.54) is 12.1 Å². The summed E-state index contributed by atoms with van der Waals surface area (Å²) in [5.74, 6) is 0.607. The SMILES string of the molecule is CN1CCNCC1c1noc(-c2cc(F)ccc2Br)n1. The van der Waals surface area contributed by atoms with Crippen LogP contribution in [-0.2, 0) is 0 Å². The van der Waals surface area contributed by atoms with Crippen molar-refractivity contribution in [2.24, 2.45) is 0 Å². The third-order valence-corrected chi connectivity index (χ3v) is 4.10. The first-order valence-corrected chi connectivity index (χ1v) is 7.14. The average Bonchev–Trinajstić information content (AvgIpc) is 2.91. The van der Waals surface area contributed by atoms with Gasteiger partial charge in [-0.1, -0.05) is 5.16 Å². The van der Waals surface area contributed by atoms with Gasteiger partial charge in [-0.25, -0.2) is 4.39 Å². The lowest BCUT2D eigenvalue weighted by Gasteiger charge is -2.30. The first-order chi connectivity index (χ1) is 9.65. The molecule has 7 heteroatoms. The molecule has 106 valence electrons. The summed E-state index contributed by atoms with van der Waals surface area (Å²) in [4.78, 5) is 6.57. The van der Waals surface area contributed by atoms with E-state index in [1.54, 1.807) is 6.07 Å². The van der Waals surface area contributed by atoms with Gasteiger partial charge in [0.2, 0.25) is 0 Å². The Labute approximate surface area is 124 Å². The minimum atomic E-state index is -0.334. The Morgan fingerprint density at radius 2 is 2.35 bits per heavy atom. The molecule has 20 heavy (non-hydrogen) atoms. The van der Waals surface area contributed by atoms with Crippen molar-refractivity contribution in [1.29, 1.82) is 0 Å². The quantitative estimate of drug-likeness (QED) is 0.908. The van der Waals surface area contributed by atoms with E-state index in [-0.39, 0.29) is 11.9 Å². The molecule has 0 radical (unpaired) electrons. The molecule has 0 bridgehead atoms. The van der Waals surface area contributed by atoms with Gasteiger partial charge in [0, 0.05) is 24.1 Å². The first kappa shape index (κ1) is 13.7. The molecular weight excluding hydrogens is 327 g/mol. The summed E-state index contributed by atoms with van der Waals surface area (Å²) in [5, 5.41) is 7.33. The van der Waals surface area contributed by atoms with Crippen LogP contribution in [0, 0.1) is 5.82 Å². The Hall–Kier alpha value is -1.31. The highest BCUT2D eigenvalue weighted by Gasteiger charge is 2.25. The molecule has 2 aromatic rings. The number of hydrogen-bond acceptors (Lipinski definition) is 5. The molecule has 1 aliphatic rings. The van der Waals surface area contributed by atoms with Crippen LogP contribution in [0.25, 0.3) is 11.5 Å². The summed E-state index contributed by atoms with van der Waals surface area (Å²) in [6, 6.07) is 4.46. The van der Waals surface area contributed by atoms with Gasteiger partial charge in [-0.05, 0) is 41.2 Å². The number of rotatable bonds is 2. The van der Waals surface area contributed by atoms with Crippen LogP contribution in [0.5, 0.6) is 0 Å². The maximum Gasteiger partial charge on any atom is 0.259 e. The van der Waals surface area contributed by atoms with Gasteiger partial charge in [-0.15, -0.1) is 0 Å². The van der Waals surface area contributed by atoms with Crippen LogP contribution in [0.15, 0.2) is 27.2 Å². The Balaban J connectivity index is 1.91. The largest absolute Gasteiger partial charge is 0.334 e. The summed E-state index contributed by atoms with van der Waals surface area (Å²) in [7, 11) is 2.03. The number of nitrogens with zero attached hydrogens (tertiary/aromatic N) is 3. The van der Waals surface area contributed by atoms with Gasteiger partial charge >= 0.3 is 0 Å². The van der Waals surface area contributed by atoms with Crippen molar-refractivity contribution < 1.29 is 8.91 Å². The van der Waals surface area contributed by atoms with Crippen molar-refractivity contribution in [3.05, 3.63) is 34.3 Å². The number of benzene rings is 1. The van der Waals surface area contributed by atoms with E-state index < -0.39 is 0 Å². The van der Waals surface area contributed by atoms with E-state index in [4.69, 9.17) is 4.52 Å². The van der Waals surface area contributed by atoms with E-state index in [9.17, 15) is 4.39 Å². The van der Waals surface area contributed by atoms with Crippen molar-refractivity contribution in [2.45, 2.75) is 6.04 Å². The lowest BCUT2D eigenvalue weighted by atomic mass is 10.2. The predicted octanol–water partition coefficient (Wildman–Crippen LogP) is 2.21. The summed E-state index contributed by atoms with van der Waals surface area (Å²) in [6.45, 7) is 2.66. The Bertz CT molecular complexity index is 618. The molecular formula is C13H14BrFN4O. The molecule has 3 rings (SSSR count). The number of hydrogen-bond donors (Lipinski definition) is 1. The molecule has 0 saturated carbocycles. The van der Waals surface area contributed by atoms with Crippen molar-refractivity contribution in [1.82, 2.24) is 20.4 Å². The molecule has 1 N–H and O–H groups in total.